The Balaban J connectivity index is 2.03. The molecule has 0 saturated carbocycles. The third-order valence-corrected chi connectivity index (χ3v) is 2.88. The minimum Gasteiger partial charge on any atom is -0.338 e. The maximum absolute atomic E-state index is 12.3. The topological polar surface area (TPSA) is 63.9 Å². The molecule has 0 aliphatic heterocycles. The molecule has 2 rings (SSSR count). The lowest BCUT2D eigenvalue weighted by Crippen LogP contribution is -2.33. The number of hydrogen-bond acceptors (Lipinski definition) is 4. The average Bonchev–Trinajstić information content (AvgIpc) is 2.85. The van der Waals surface area contributed by atoms with Crippen LogP contribution in [0, 0.1) is 6.92 Å². The van der Waals surface area contributed by atoms with E-state index in [4.69, 9.17) is 0 Å². The summed E-state index contributed by atoms with van der Waals surface area (Å²) in [6, 6.07) is -0.324. The maximum atomic E-state index is 12.3. The third kappa shape index (κ3) is 3.15. The van der Waals surface area contributed by atoms with Crippen LogP contribution in [-0.2, 0) is 11.3 Å². The molecule has 2 heterocycles. The highest BCUT2D eigenvalue weighted by atomic mass is 16.2. The minimum atomic E-state index is -0.324. The molecule has 2 aromatic heterocycles. The van der Waals surface area contributed by atoms with Crippen LogP contribution in [0.1, 0.15) is 24.2 Å². The van der Waals surface area contributed by atoms with Crippen LogP contribution in [0.4, 0.5) is 0 Å². The van der Waals surface area contributed by atoms with Crippen LogP contribution in [0.2, 0.25) is 0 Å². The second kappa shape index (κ2) is 5.60. The van der Waals surface area contributed by atoms with Gasteiger partial charge in [0.2, 0.25) is 5.91 Å². The van der Waals surface area contributed by atoms with E-state index < -0.39 is 0 Å². The van der Waals surface area contributed by atoms with Gasteiger partial charge in [0.05, 0.1) is 24.6 Å². The highest BCUT2D eigenvalue weighted by Gasteiger charge is 2.20. The van der Waals surface area contributed by atoms with Crippen molar-refractivity contribution in [2.75, 3.05) is 7.05 Å². The van der Waals surface area contributed by atoms with Gasteiger partial charge in [0, 0.05) is 25.6 Å². The quantitative estimate of drug-likeness (QED) is 0.827. The first-order valence-corrected chi connectivity index (χ1v) is 6.08. The van der Waals surface area contributed by atoms with E-state index in [1.54, 1.807) is 41.4 Å². The smallest absolute Gasteiger partial charge is 0.247 e. The van der Waals surface area contributed by atoms with Crippen molar-refractivity contribution >= 4 is 5.91 Å². The monoisotopic (exact) mass is 259 g/mol. The molecule has 100 valence electrons. The number of nitrogens with zero attached hydrogens (tertiary/aromatic N) is 5. The van der Waals surface area contributed by atoms with Crippen LogP contribution in [-0.4, -0.2) is 37.6 Å². The Morgan fingerprint density at radius 3 is 2.79 bits per heavy atom. The Kier molecular flexibility index (Phi) is 3.89. The van der Waals surface area contributed by atoms with E-state index in [-0.39, 0.29) is 11.9 Å². The van der Waals surface area contributed by atoms with E-state index in [2.05, 4.69) is 15.1 Å². The van der Waals surface area contributed by atoms with Crippen LogP contribution in [0.5, 0.6) is 0 Å². The average molecular weight is 259 g/mol. The van der Waals surface area contributed by atoms with Crippen molar-refractivity contribution < 1.29 is 4.79 Å². The normalized spacial score (nSPS) is 12.2. The molecule has 0 spiro atoms. The number of carbonyl (C=O) groups excluding carboxylic acids is 1. The van der Waals surface area contributed by atoms with Gasteiger partial charge in [-0.3, -0.25) is 19.4 Å². The predicted molar refractivity (Wildman–Crippen MR) is 70.2 cm³/mol. The fourth-order valence-corrected chi connectivity index (χ4v) is 1.81. The zero-order valence-electron chi connectivity index (χ0n) is 11.3. The van der Waals surface area contributed by atoms with Gasteiger partial charge in [-0.25, -0.2) is 0 Å². The molecule has 2 aromatic rings. The fraction of sp³-hybridized carbons (Fsp3) is 0.385. The van der Waals surface area contributed by atoms with Gasteiger partial charge in [-0.2, -0.15) is 5.10 Å². The number of amides is 1. The van der Waals surface area contributed by atoms with Gasteiger partial charge in [-0.05, 0) is 19.4 Å². The van der Waals surface area contributed by atoms with E-state index in [9.17, 15) is 4.79 Å². The first-order chi connectivity index (χ1) is 9.08. The van der Waals surface area contributed by atoms with Gasteiger partial charge < -0.3 is 4.90 Å². The highest BCUT2D eigenvalue weighted by Crippen LogP contribution is 2.10. The number of rotatable bonds is 4. The van der Waals surface area contributed by atoms with E-state index in [1.807, 2.05) is 20.0 Å². The van der Waals surface area contributed by atoms with Crippen molar-refractivity contribution in [2.24, 2.45) is 0 Å². The van der Waals surface area contributed by atoms with E-state index >= 15 is 0 Å². The molecule has 6 heteroatoms. The van der Waals surface area contributed by atoms with Crippen molar-refractivity contribution in [1.29, 1.82) is 0 Å². The Labute approximate surface area is 112 Å². The third-order valence-electron chi connectivity index (χ3n) is 2.88. The molecule has 0 aliphatic rings. The summed E-state index contributed by atoms with van der Waals surface area (Å²) < 4.78 is 1.67. The van der Waals surface area contributed by atoms with Gasteiger partial charge in [-0.1, -0.05) is 0 Å². The molecule has 6 nitrogen and oxygen atoms in total. The lowest BCUT2D eigenvalue weighted by Gasteiger charge is -2.21. The molecule has 1 atom stereocenters. The number of carbonyl (C=O) groups is 1. The summed E-state index contributed by atoms with van der Waals surface area (Å²) in [7, 11) is 1.75. The first-order valence-electron chi connectivity index (χ1n) is 6.08. The predicted octanol–water partition coefficient (Wildman–Crippen LogP) is 1.20. The van der Waals surface area contributed by atoms with Gasteiger partial charge in [0.1, 0.15) is 6.04 Å². The van der Waals surface area contributed by atoms with E-state index in [0.29, 0.717) is 6.54 Å². The zero-order chi connectivity index (χ0) is 13.8. The largest absolute Gasteiger partial charge is 0.338 e. The summed E-state index contributed by atoms with van der Waals surface area (Å²) in [6.07, 6.45) is 8.49. The molecule has 0 radical (unpaired) electrons. The molecular formula is C13H17N5O. The van der Waals surface area contributed by atoms with Gasteiger partial charge in [-0.15, -0.1) is 0 Å². The summed E-state index contributed by atoms with van der Waals surface area (Å²) in [5.41, 5.74) is 1.80. The van der Waals surface area contributed by atoms with Gasteiger partial charge in [0.25, 0.3) is 0 Å². The fourth-order valence-electron chi connectivity index (χ4n) is 1.81. The molecule has 0 aliphatic carbocycles. The number of aryl methyl sites for hydroxylation is 1. The van der Waals surface area contributed by atoms with Gasteiger partial charge in [0.15, 0.2) is 0 Å². The Hall–Kier alpha value is -2.24. The standard InChI is InChI=1S/C13H17N5O/c1-10-6-16-18(8-10)11(2)13(19)17(3)9-12-7-14-4-5-15-12/h4-8,11H,9H2,1-3H3/t11-/m1/s1. The van der Waals surface area contributed by atoms with E-state index in [1.165, 1.54) is 0 Å². The summed E-state index contributed by atoms with van der Waals surface area (Å²) in [4.78, 5) is 22.0. The second-order valence-corrected chi connectivity index (χ2v) is 4.56. The molecule has 0 unspecified atom stereocenters. The Bertz CT molecular complexity index is 551. The lowest BCUT2D eigenvalue weighted by molar-refractivity contribution is -0.133. The SMILES string of the molecule is Cc1cnn([C@H](C)C(=O)N(C)Cc2cnccn2)c1. The van der Waals surface area contributed by atoms with Crippen LogP contribution >= 0.6 is 0 Å². The summed E-state index contributed by atoms with van der Waals surface area (Å²) in [5.74, 6) is -0.00578. The second-order valence-electron chi connectivity index (χ2n) is 4.56. The molecule has 0 fully saturated rings. The molecular weight excluding hydrogens is 242 g/mol. The van der Waals surface area contributed by atoms with Crippen LogP contribution in [0.15, 0.2) is 31.0 Å². The highest BCUT2D eigenvalue weighted by molar-refractivity contribution is 5.79. The van der Waals surface area contributed by atoms with Crippen LogP contribution in [0.25, 0.3) is 0 Å². The Morgan fingerprint density at radius 2 is 2.21 bits per heavy atom. The van der Waals surface area contributed by atoms with Crippen molar-refractivity contribution in [3.63, 3.8) is 0 Å². The molecule has 1 amide bonds. The van der Waals surface area contributed by atoms with Crippen molar-refractivity contribution in [3.8, 4) is 0 Å². The summed E-state index contributed by atoms with van der Waals surface area (Å²) in [5, 5.41) is 4.17. The van der Waals surface area contributed by atoms with Crippen molar-refractivity contribution in [3.05, 3.63) is 42.2 Å². The number of likely N-dealkylation sites (N-methyl/N-ethyl adjacent to an activating group) is 1. The van der Waals surface area contributed by atoms with Crippen molar-refractivity contribution in [2.45, 2.75) is 26.4 Å². The minimum absolute atomic E-state index is 0.00578. The van der Waals surface area contributed by atoms with Crippen molar-refractivity contribution in [1.82, 2.24) is 24.6 Å². The molecule has 19 heavy (non-hydrogen) atoms. The molecule has 0 aromatic carbocycles. The summed E-state index contributed by atoms with van der Waals surface area (Å²) in [6.45, 7) is 4.23. The van der Waals surface area contributed by atoms with Crippen LogP contribution in [0.3, 0.4) is 0 Å². The maximum Gasteiger partial charge on any atom is 0.247 e. The first kappa shape index (κ1) is 13.2. The number of aromatic nitrogens is 4. The molecule has 0 N–H and O–H groups in total. The lowest BCUT2D eigenvalue weighted by atomic mass is 10.3. The number of hydrogen-bond donors (Lipinski definition) is 0. The van der Waals surface area contributed by atoms with E-state index in [0.717, 1.165) is 11.3 Å². The van der Waals surface area contributed by atoms with Gasteiger partial charge >= 0.3 is 0 Å². The Morgan fingerprint density at radius 1 is 1.42 bits per heavy atom. The zero-order valence-corrected chi connectivity index (χ0v) is 11.3. The van der Waals surface area contributed by atoms with Crippen LogP contribution < -0.4 is 0 Å². The molecule has 0 saturated heterocycles. The summed E-state index contributed by atoms with van der Waals surface area (Å²) >= 11 is 0. The molecule has 0 bridgehead atoms.